The van der Waals surface area contributed by atoms with E-state index in [1.807, 2.05) is 30.3 Å². The summed E-state index contributed by atoms with van der Waals surface area (Å²) in [5.74, 6) is 0.119. The third-order valence-corrected chi connectivity index (χ3v) is 2.92. The summed E-state index contributed by atoms with van der Waals surface area (Å²) in [6.45, 7) is 6.26. The number of benzene rings is 1. The van der Waals surface area contributed by atoms with Gasteiger partial charge in [0.05, 0.1) is 0 Å². The molecule has 1 aliphatic carbocycles. The molecule has 1 aliphatic rings. The molecule has 1 aromatic rings. The first-order valence-electron chi connectivity index (χ1n) is 5.71. The van der Waals surface area contributed by atoms with Crippen LogP contribution in [0, 0.1) is 0 Å². The molecule has 84 valence electrons. The summed E-state index contributed by atoms with van der Waals surface area (Å²) < 4.78 is 0. The van der Waals surface area contributed by atoms with Crippen molar-refractivity contribution in [1.29, 1.82) is 0 Å². The second-order valence-corrected chi connectivity index (χ2v) is 4.28. The van der Waals surface area contributed by atoms with Gasteiger partial charge in [-0.3, -0.25) is 4.79 Å². The molecular formula is C14H17NO. The summed E-state index contributed by atoms with van der Waals surface area (Å²) in [6.07, 6.45) is 4.46. The molecule has 0 heterocycles. The van der Waals surface area contributed by atoms with Crippen molar-refractivity contribution in [3.05, 3.63) is 42.5 Å². The number of anilines is 1. The fourth-order valence-corrected chi connectivity index (χ4v) is 1.88. The quantitative estimate of drug-likeness (QED) is 0.556. The van der Waals surface area contributed by atoms with Gasteiger partial charge in [0.25, 0.3) is 0 Å². The number of Topliss-reactive ketones (excluding diaryl/α,β-unsaturated/α-hetero) is 1. The second kappa shape index (κ2) is 4.52. The summed E-state index contributed by atoms with van der Waals surface area (Å²) in [7, 11) is 0. The molecule has 0 saturated heterocycles. The van der Waals surface area contributed by atoms with Crippen molar-refractivity contribution in [2.45, 2.75) is 25.8 Å². The summed E-state index contributed by atoms with van der Waals surface area (Å²) in [5, 5.41) is 0. The number of rotatable bonds is 5. The molecule has 2 rings (SSSR count). The van der Waals surface area contributed by atoms with Crippen LogP contribution in [0.1, 0.15) is 30.1 Å². The van der Waals surface area contributed by atoms with Crippen LogP contribution in [-0.4, -0.2) is 18.4 Å². The van der Waals surface area contributed by atoms with Gasteiger partial charge < -0.3 is 4.90 Å². The van der Waals surface area contributed by atoms with Crippen LogP contribution in [0.15, 0.2) is 36.9 Å². The number of hydrogen-bond acceptors (Lipinski definition) is 2. The maximum absolute atomic E-state index is 11.2. The molecule has 0 spiro atoms. The summed E-state index contributed by atoms with van der Waals surface area (Å²) in [6, 6.07) is 8.52. The van der Waals surface area contributed by atoms with E-state index in [1.165, 1.54) is 18.5 Å². The van der Waals surface area contributed by atoms with Gasteiger partial charge in [0.15, 0.2) is 5.78 Å². The Morgan fingerprint density at radius 3 is 2.50 bits per heavy atom. The number of hydrogen-bond donors (Lipinski definition) is 0. The van der Waals surface area contributed by atoms with E-state index < -0.39 is 0 Å². The first-order valence-corrected chi connectivity index (χ1v) is 5.71. The van der Waals surface area contributed by atoms with Gasteiger partial charge in [-0.1, -0.05) is 6.08 Å². The lowest BCUT2D eigenvalue weighted by atomic mass is 10.1. The molecule has 0 unspecified atom stereocenters. The van der Waals surface area contributed by atoms with Gasteiger partial charge in [0.1, 0.15) is 0 Å². The molecule has 0 amide bonds. The third-order valence-electron chi connectivity index (χ3n) is 2.92. The van der Waals surface area contributed by atoms with E-state index in [0.29, 0.717) is 6.04 Å². The van der Waals surface area contributed by atoms with Gasteiger partial charge >= 0.3 is 0 Å². The lowest BCUT2D eigenvalue weighted by Gasteiger charge is -2.23. The van der Waals surface area contributed by atoms with Crippen LogP contribution in [0.3, 0.4) is 0 Å². The highest BCUT2D eigenvalue weighted by molar-refractivity contribution is 5.94. The van der Waals surface area contributed by atoms with Crippen molar-refractivity contribution in [2.75, 3.05) is 11.4 Å². The predicted molar refractivity (Wildman–Crippen MR) is 67.0 cm³/mol. The van der Waals surface area contributed by atoms with Crippen molar-refractivity contribution in [3.63, 3.8) is 0 Å². The average Bonchev–Trinajstić information content (AvgIpc) is 3.10. The van der Waals surface area contributed by atoms with Crippen molar-refractivity contribution in [2.24, 2.45) is 0 Å². The molecule has 0 aromatic heterocycles. The Bertz CT molecular complexity index is 390. The number of ketones is 1. The lowest BCUT2D eigenvalue weighted by Crippen LogP contribution is -2.25. The van der Waals surface area contributed by atoms with E-state index in [0.717, 1.165) is 12.1 Å². The van der Waals surface area contributed by atoms with Crippen LogP contribution in [0.4, 0.5) is 5.69 Å². The Morgan fingerprint density at radius 2 is 2.06 bits per heavy atom. The van der Waals surface area contributed by atoms with E-state index >= 15 is 0 Å². The van der Waals surface area contributed by atoms with Gasteiger partial charge in [0.2, 0.25) is 0 Å². The second-order valence-electron chi connectivity index (χ2n) is 4.28. The van der Waals surface area contributed by atoms with Crippen LogP contribution < -0.4 is 4.90 Å². The minimum absolute atomic E-state index is 0.119. The Hall–Kier alpha value is -1.57. The fourth-order valence-electron chi connectivity index (χ4n) is 1.88. The largest absolute Gasteiger partial charge is 0.365 e. The first-order chi connectivity index (χ1) is 7.72. The molecule has 1 aromatic carbocycles. The van der Waals surface area contributed by atoms with Crippen LogP contribution in [0.25, 0.3) is 0 Å². The monoisotopic (exact) mass is 215 g/mol. The fraction of sp³-hybridized carbons (Fsp3) is 0.357. The Labute approximate surface area is 96.6 Å². The van der Waals surface area contributed by atoms with Gasteiger partial charge in [0, 0.05) is 23.8 Å². The smallest absolute Gasteiger partial charge is 0.159 e. The lowest BCUT2D eigenvalue weighted by molar-refractivity contribution is 0.101. The zero-order chi connectivity index (χ0) is 11.5. The van der Waals surface area contributed by atoms with E-state index in [9.17, 15) is 4.79 Å². The molecule has 1 fully saturated rings. The Balaban J connectivity index is 2.17. The molecular weight excluding hydrogens is 198 g/mol. The van der Waals surface area contributed by atoms with Crippen LogP contribution >= 0.6 is 0 Å². The first kappa shape index (κ1) is 10.9. The van der Waals surface area contributed by atoms with Crippen LogP contribution in [-0.2, 0) is 0 Å². The molecule has 16 heavy (non-hydrogen) atoms. The molecule has 2 nitrogen and oxygen atoms in total. The minimum atomic E-state index is 0.119. The molecule has 1 saturated carbocycles. The van der Waals surface area contributed by atoms with Gasteiger partial charge in [-0.05, 0) is 44.0 Å². The molecule has 2 heteroatoms. The van der Waals surface area contributed by atoms with Gasteiger partial charge in [-0.2, -0.15) is 0 Å². The normalized spacial score (nSPS) is 14.6. The highest BCUT2D eigenvalue weighted by Gasteiger charge is 2.28. The highest BCUT2D eigenvalue weighted by atomic mass is 16.1. The van der Waals surface area contributed by atoms with Crippen molar-refractivity contribution in [1.82, 2.24) is 0 Å². The third kappa shape index (κ3) is 2.32. The van der Waals surface area contributed by atoms with Crippen molar-refractivity contribution < 1.29 is 4.79 Å². The van der Waals surface area contributed by atoms with Crippen molar-refractivity contribution in [3.8, 4) is 0 Å². The zero-order valence-electron chi connectivity index (χ0n) is 9.65. The Morgan fingerprint density at radius 1 is 1.44 bits per heavy atom. The van der Waals surface area contributed by atoms with E-state index in [4.69, 9.17) is 0 Å². The van der Waals surface area contributed by atoms with E-state index in [2.05, 4.69) is 11.5 Å². The van der Waals surface area contributed by atoms with Crippen LogP contribution in [0.5, 0.6) is 0 Å². The SMILES string of the molecule is C=CCN(c1ccc(C(C)=O)cc1)C1CC1. The standard InChI is InChI=1S/C14H17NO/c1-3-10-15(14-8-9-14)13-6-4-12(5-7-13)11(2)16/h3-7,14H,1,8-10H2,2H3. The average molecular weight is 215 g/mol. The zero-order valence-corrected chi connectivity index (χ0v) is 9.65. The predicted octanol–water partition coefficient (Wildman–Crippen LogP) is 3.04. The summed E-state index contributed by atoms with van der Waals surface area (Å²) >= 11 is 0. The molecule has 0 bridgehead atoms. The molecule has 0 N–H and O–H groups in total. The number of carbonyl (C=O) groups excluding carboxylic acids is 1. The van der Waals surface area contributed by atoms with E-state index in [1.54, 1.807) is 6.92 Å². The van der Waals surface area contributed by atoms with Gasteiger partial charge in [-0.15, -0.1) is 6.58 Å². The van der Waals surface area contributed by atoms with E-state index in [-0.39, 0.29) is 5.78 Å². The number of carbonyl (C=O) groups is 1. The summed E-state index contributed by atoms with van der Waals surface area (Å²) in [4.78, 5) is 13.5. The minimum Gasteiger partial charge on any atom is -0.365 e. The van der Waals surface area contributed by atoms with Crippen molar-refractivity contribution >= 4 is 11.5 Å². The maximum atomic E-state index is 11.2. The maximum Gasteiger partial charge on any atom is 0.159 e. The van der Waals surface area contributed by atoms with Crippen LogP contribution in [0.2, 0.25) is 0 Å². The topological polar surface area (TPSA) is 20.3 Å². The Kier molecular flexibility index (Phi) is 3.09. The molecule has 0 radical (unpaired) electrons. The number of nitrogens with zero attached hydrogens (tertiary/aromatic N) is 1. The highest BCUT2D eigenvalue weighted by Crippen LogP contribution is 2.31. The summed E-state index contributed by atoms with van der Waals surface area (Å²) in [5.41, 5.74) is 1.96. The molecule has 0 atom stereocenters. The molecule has 0 aliphatic heterocycles. The van der Waals surface area contributed by atoms with Gasteiger partial charge in [-0.25, -0.2) is 0 Å².